The Kier molecular flexibility index (Phi) is 7.46. The first kappa shape index (κ1) is 15.0. The lowest BCUT2D eigenvalue weighted by Crippen LogP contribution is -2.23. The lowest BCUT2D eigenvalue weighted by molar-refractivity contribution is 0.191. The average Bonchev–Trinajstić information content (AvgIpc) is 2.35. The summed E-state index contributed by atoms with van der Waals surface area (Å²) in [5, 5.41) is 12.4. The second-order valence-electron chi connectivity index (χ2n) is 4.68. The fraction of sp³-hybridized carbons (Fsp3) is 0.600. The maximum atomic E-state index is 9.16. The van der Waals surface area contributed by atoms with Crippen molar-refractivity contribution in [1.29, 1.82) is 0 Å². The first-order valence-electron chi connectivity index (χ1n) is 6.83. The molecule has 3 heteroatoms. The van der Waals surface area contributed by atoms with Gasteiger partial charge in [-0.25, -0.2) is 0 Å². The highest BCUT2D eigenvalue weighted by molar-refractivity contribution is 5.28. The van der Waals surface area contributed by atoms with E-state index in [4.69, 9.17) is 9.84 Å². The molecule has 0 fully saturated rings. The summed E-state index contributed by atoms with van der Waals surface area (Å²) in [4.78, 5) is 0. The number of benzene rings is 1. The highest BCUT2D eigenvalue weighted by Crippen LogP contribution is 2.13. The van der Waals surface area contributed by atoms with Crippen LogP contribution in [0.3, 0.4) is 0 Å². The molecule has 0 saturated carbocycles. The monoisotopic (exact) mass is 251 g/mol. The molecule has 0 radical (unpaired) electrons. The van der Waals surface area contributed by atoms with Crippen molar-refractivity contribution >= 4 is 0 Å². The molecule has 0 spiro atoms. The van der Waals surface area contributed by atoms with Crippen LogP contribution >= 0.6 is 0 Å². The van der Waals surface area contributed by atoms with Crippen molar-refractivity contribution in [3.8, 4) is 5.75 Å². The van der Waals surface area contributed by atoms with Gasteiger partial charge in [-0.05, 0) is 31.0 Å². The first-order chi connectivity index (χ1) is 8.72. The van der Waals surface area contributed by atoms with Crippen molar-refractivity contribution in [2.75, 3.05) is 13.2 Å². The number of ether oxygens (including phenoxy) is 1. The summed E-state index contributed by atoms with van der Waals surface area (Å²) in [5.41, 5.74) is 1.18. The van der Waals surface area contributed by atoms with Crippen LogP contribution in [-0.2, 0) is 6.54 Å². The molecule has 0 heterocycles. The van der Waals surface area contributed by atoms with E-state index in [2.05, 4.69) is 24.4 Å². The largest absolute Gasteiger partial charge is 0.494 e. The summed E-state index contributed by atoms with van der Waals surface area (Å²) in [6, 6.07) is 8.12. The molecule has 0 aliphatic heterocycles. The van der Waals surface area contributed by atoms with Crippen LogP contribution in [0.15, 0.2) is 24.3 Å². The van der Waals surface area contributed by atoms with Crippen LogP contribution in [0, 0.1) is 0 Å². The van der Waals surface area contributed by atoms with Crippen molar-refractivity contribution in [3.63, 3.8) is 0 Å². The van der Waals surface area contributed by atoms with Crippen LogP contribution in [0.2, 0.25) is 0 Å². The van der Waals surface area contributed by atoms with E-state index in [1.165, 1.54) is 18.4 Å². The molecular formula is C15H25NO2. The van der Waals surface area contributed by atoms with E-state index in [0.717, 1.165) is 25.3 Å². The zero-order chi connectivity index (χ0) is 13.2. The maximum Gasteiger partial charge on any atom is 0.119 e. The summed E-state index contributed by atoms with van der Waals surface area (Å²) in [5.74, 6) is 0.933. The molecular weight excluding hydrogens is 226 g/mol. The molecule has 0 saturated heterocycles. The molecule has 0 aliphatic carbocycles. The Morgan fingerprint density at radius 1 is 1.33 bits per heavy atom. The van der Waals surface area contributed by atoms with E-state index in [0.29, 0.717) is 6.54 Å². The lowest BCUT2D eigenvalue weighted by Gasteiger charge is -2.09. The summed E-state index contributed by atoms with van der Waals surface area (Å²) < 4.78 is 5.70. The van der Waals surface area contributed by atoms with Crippen LogP contribution in [0.25, 0.3) is 0 Å². The molecule has 0 bridgehead atoms. The van der Waals surface area contributed by atoms with Gasteiger partial charge in [-0.15, -0.1) is 0 Å². The minimum absolute atomic E-state index is 0.307. The van der Waals surface area contributed by atoms with Crippen molar-refractivity contribution in [1.82, 2.24) is 5.32 Å². The van der Waals surface area contributed by atoms with Crippen LogP contribution in [0.4, 0.5) is 0 Å². The van der Waals surface area contributed by atoms with E-state index < -0.39 is 0 Å². The van der Waals surface area contributed by atoms with Gasteiger partial charge in [0.25, 0.3) is 0 Å². The second-order valence-corrected chi connectivity index (χ2v) is 4.68. The van der Waals surface area contributed by atoms with Gasteiger partial charge in [0.2, 0.25) is 0 Å². The highest BCUT2D eigenvalue weighted by Gasteiger charge is 1.98. The lowest BCUT2D eigenvalue weighted by atomic mass is 10.2. The number of unbranched alkanes of at least 4 members (excludes halogenated alkanes) is 2. The van der Waals surface area contributed by atoms with Gasteiger partial charge in [-0.2, -0.15) is 0 Å². The molecule has 1 aromatic rings. The van der Waals surface area contributed by atoms with Gasteiger partial charge in [0, 0.05) is 13.1 Å². The molecule has 18 heavy (non-hydrogen) atoms. The van der Waals surface area contributed by atoms with Crippen LogP contribution < -0.4 is 10.1 Å². The van der Waals surface area contributed by atoms with E-state index in [1.807, 2.05) is 12.1 Å². The van der Waals surface area contributed by atoms with Crippen molar-refractivity contribution < 1.29 is 9.84 Å². The Morgan fingerprint density at radius 3 is 2.89 bits per heavy atom. The summed E-state index contributed by atoms with van der Waals surface area (Å²) >= 11 is 0. The zero-order valence-corrected chi connectivity index (χ0v) is 11.5. The third kappa shape index (κ3) is 6.62. The molecule has 2 N–H and O–H groups in total. The summed E-state index contributed by atoms with van der Waals surface area (Å²) in [7, 11) is 0. The summed E-state index contributed by atoms with van der Waals surface area (Å²) in [6.45, 7) is 6.13. The summed E-state index contributed by atoms with van der Waals surface area (Å²) in [6.07, 6.45) is 3.24. The fourth-order valence-corrected chi connectivity index (χ4v) is 1.71. The van der Waals surface area contributed by atoms with E-state index in [-0.39, 0.29) is 6.10 Å². The average molecular weight is 251 g/mol. The third-order valence-corrected chi connectivity index (χ3v) is 2.68. The van der Waals surface area contributed by atoms with Gasteiger partial charge >= 0.3 is 0 Å². The van der Waals surface area contributed by atoms with Crippen molar-refractivity contribution in [3.05, 3.63) is 29.8 Å². The van der Waals surface area contributed by atoms with Crippen LogP contribution in [0.5, 0.6) is 5.75 Å². The molecule has 102 valence electrons. The van der Waals surface area contributed by atoms with Crippen LogP contribution in [-0.4, -0.2) is 24.4 Å². The quantitative estimate of drug-likeness (QED) is 0.663. The van der Waals surface area contributed by atoms with Gasteiger partial charge in [0.1, 0.15) is 5.75 Å². The van der Waals surface area contributed by atoms with E-state index >= 15 is 0 Å². The molecule has 0 aromatic heterocycles. The maximum absolute atomic E-state index is 9.16. The number of hydrogen-bond donors (Lipinski definition) is 2. The molecule has 3 nitrogen and oxygen atoms in total. The van der Waals surface area contributed by atoms with Gasteiger partial charge in [0.05, 0.1) is 12.7 Å². The minimum atomic E-state index is -0.307. The molecule has 1 unspecified atom stereocenters. The SMILES string of the molecule is CCCCCOc1cccc(CNCC(C)O)c1. The molecule has 1 atom stereocenters. The third-order valence-electron chi connectivity index (χ3n) is 2.68. The zero-order valence-electron chi connectivity index (χ0n) is 11.5. The first-order valence-corrected chi connectivity index (χ1v) is 6.83. The fourth-order valence-electron chi connectivity index (χ4n) is 1.71. The Labute approximate surface area is 110 Å². The van der Waals surface area contributed by atoms with Gasteiger partial charge < -0.3 is 15.2 Å². The smallest absolute Gasteiger partial charge is 0.119 e. The molecule has 0 aliphatic rings. The van der Waals surface area contributed by atoms with Crippen molar-refractivity contribution in [2.45, 2.75) is 45.8 Å². The van der Waals surface area contributed by atoms with Gasteiger partial charge in [0.15, 0.2) is 0 Å². The topological polar surface area (TPSA) is 41.5 Å². The standard InChI is InChI=1S/C15H25NO2/c1-3-4-5-9-18-15-8-6-7-14(10-15)12-16-11-13(2)17/h6-8,10,13,16-17H,3-5,9,11-12H2,1-2H3. The Morgan fingerprint density at radius 2 is 2.17 bits per heavy atom. The highest BCUT2D eigenvalue weighted by atomic mass is 16.5. The number of rotatable bonds is 9. The Hall–Kier alpha value is -1.06. The molecule has 1 aromatic carbocycles. The Bertz CT molecular complexity index is 326. The van der Waals surface area contributed by atoms with Gasteiger partial charge in [-0.1, -0.05) is 31.9 Å². The van der Waals surface area contributed by atoms with E-state index in [9.17, 15) is 0 Å². The van der Waals surface area contributed by atoms with Crippen molar-refractivity contribution in [2.24, 2.45) is 0 Å². The normalized spacial score (nSPS) is 12.4. The van der Waals surface area contributed by atoms with Gasteiger partial charge in [-0.3, -0.25) is 0 Å². The minimum Gasteiger partial charge on any atom is -0.494 e. The molecule has 0 amide bonds. The van der Waals surface area contributed by atoms with Crippen LogP contribution in [0.1, 0.15) is 38.7 Å². The Balaban J connectivity index is 2.32. The van der Waals surface area contributed by atoms with E-state index in [1.54, 1.807) is 6.92 Å². The predicted molar refractivity (Wildman–Crippen MR) is 74.8 cm³/mol. The number of nitrogens with one attached hydrogen (secondary N) is 1. The number of aliphatic hydroxyl groups excluding tert-OH is 1. The second kappa shape index (κ2) is 8.95. The number of hydrogen-bond acceptors (Lipinski definition) is 3. The molecule has 1 rings (SSSR count). The number of aliphatic hydroxyl groups is 1. The predicted octanol–water partition coefficient (Wildman–Crippen LogP) is 2.73.